The molecule has 0 saturated heterocycles. The van der Waals surface area contributed by atoms with Gasteiger partial charge < -0.3 is 10.6 Å². The van der Waals surface area contributed by atoms with Crippen LogP contribution in [0.2, 0.25) is 0 Å². The predicted octanol–water partition coefficient (Wildman–Crippen LogP) is 2.53. The predicted molar refractivity (Wildman–Crippen MR) is 91.1 cm³/mol. The summed E-state index contributed by atoms with van der Waals surface area (Å²) in [5.41, 5.74) is 0.967. The van der Waals surface area contributed by atoms with Gasteiger partial charge in [-0.05, 0) is 36.9 Å². The Morgan fingerprint density at radius 2 is 1.65 bits per heavy atom. The Bertz CT molecular complexity index is 810. The summed E-state index contributed by atoms with van der Waals surface area (Å²) in [6.45, 7) is 0.317. The second-order valence-electron chi connectivity index (χ2n) is 5.72. The Morgan fingerprint density at radius 1 is 1.00 bits per heavy atom. The number of likely N-dealkylation sites (N-methyl/N-ethyl adjacent to an activating group) is 1. The Kier molecular flexibility index (Phi) is 6.35. The summed E-state index contributed by atoms with van der Waals surface area (Å²) in [6.07, 6.45) is 0. The summed E-state index contributed by atoms with van der Waals surface area (Å²) in [7, 11) is 3.21. The molecule has 0 heterocycles. The highest BCUT2D eigenvalue weighted by Gasteiger charge is 2.16. The first kappa shape index (κ1) is 19.5. The van der Waals surface area contributed by atoms with Crippen LogP contribution in [0.3, 0.4) is 0 Å². The van der Waals surface area contributed by atoms with E-state index in [9.17, 15) is 22.8 Å². The highest BCUT2D eigenvalue weighted by molar-refractivity contribution is 5.94. The second kappa shape index (κ2) is 8.48. The van der Waals surface area contributed by atoms with E-state index in [1.165, 1.54) is 0 Å². The van der Waals surface area contributed by atoms with Gasteiger partial charge in [-0.1, -0.05) is 12.1 Å². The largest absolute Gasteiger partial charge is 0.355 e. The van der Waals surface area contributed by atoms with E-state index in [4.69, 9.17) is 0 Å². The minimum Gasteiger partial charge on any atom is -0.355 e. The minimum atomic E-state index is -1.63. The van der Waals surface area contributed by atoms with Crippen molar-refractivity contribution in [3.8, 4) is 0 Å². The fourth-order valence-corrected chi connectivity index (χ4v) is 2.33. The van der Waals surface area contributed by atoms with E-state index >= 15 is 0 Å². The first-order valence-electron chi connectivity index (χ1n) is 7.74. The van der Waals surface area contributed by atoms with Crippen molar-refractivity contribution in [2.24, 2.45) is 0 Å². The van der Waals surface area contributed by atoms with Crippen LogP contribution >= 0.6 is 0 Å². The number of hydrogen-bond donors (Lipinski definition) is 2. The van der Waals surface area contributed by atoms with Crippen LogP contribution in [0.15, 0.2) is 36.4 Å². The van der Waals surface area contributed by atoms with E-state index < -0.39 is 29.0 Å². The van der Waals surface area contributed by atoms with E-state index in [2.05, 4.69) is 10.6 Å². The molecule has 2 aromatic carbocycles. The summed E-state index contributed by atoms with van der Waals surface area (Å²) < 4.78 is 39.6. The van der Waals surface area contributed by atoms with Gasteiger partial charge in [0, 0.05) is 19.2 Å². The summed E-state index contributed by atoms with van der Waals surface area (Å²) >= 11 is 0. The lowest BCUT2D eigenvalue weighted by atomic mass is 10.1. The number of halogens is 3. The first-order valence-corrected chi connectivity index (χ1v) is 7.74. The van der Waals surface area contributed by atoms with Crippen LogP contribution in [0, 0.1) is 17.5 Å². The fourth-order valence-electron chi connectivity index (χ4n) is 2.33. The lowest BCUT2D eigenvalue weighted by molar-refractivity contribution is -0.117. The topological polar surface area (TPSA) is 61.4 Å². The number of nitrogens with one attached hydrogen (secondary N) is 2. The molecule has 8 heteroatoms. The van der Waals surface area contributed by atoms with Gasteiger partial charge in [-0.15, -0.1) is 0 Å². The number of carbonyl (C=O) groups is 2. The van der Waals surface area contributed by atoms with E-state index in [0.717, 1.165) is 17.7 Å². The van der Waals surface area contributed by atoms with Gasteiger partial charge >= 0.3 is 0 Å². The Balaban J connectivity index is 1.93. The number of benzene rings is 2. The first-order chi connectivity index (χ1) is 12.3. The molecule has 0 fully saturated rings. The number of nitrogens with zero attached hydrogens (tertiary/aromatic N) is 1. The van der Waals surface area contributed by atoms with Gasteiger partial charge in [-0.25, -0.2) is 13.2 Å². The van der Waals surface area contributed by atoms with E-state index in [1.807, 2.05) is 0 Å². The molecule has 0 aliphatic carbocycles. The van der Waals surface area contributed by atoms with Crippen molar-refractivity contribution in [2.75, 3.05) is 26.0 Å². The molecule has 0 radical (unpaired) electrons. The second-order valence-corrected chi connectivity index (χ2v) is 5.72. The molecular weight excluding hydrogens is 347 g/mol. The zero-order valence-corrected chi connectivity index (χ0v) is 14.3. The Labute approximate surface area is 148 Å². The summed E-state index contributed by atoms with van der Waals surface area (Å²) in [4.78, 5) is 25.1. The molecular formula is C18H18F3N3O2. The summed E-state index contributed by atoms with van der Waals surface area (Å²) in [5, 5.41) is 4.73. The Morgan fingerprint density at radius 3 is 2.27 bits per heavy atom. The number of amides is 2. The van der Waals surface area contributed by atoms with Gasteiger partial charge in [0.2, 0.25) is 5.91 Å². The van der Waals surface area contributed by atoms with Crippen molar-refractivity contribution < 1.29 is 22.8 Å². The number of rotatable bonds is 6. The third-order valence-corrected chi connectivity index (χ3v) is 3.62. The molecule has 2 N–H and O–H groups in total. The van der Waals surface area contributed by atoms with Gasteiger partial charge in [-0.2, -0.15) is 0 Å². The third kappa shape index (κ3) is 4.82. The molecule has 5 nitrogen and oxygen atoms in total. The monoisotopic (exact) mass is 365 g/mol. The standard InChI is InChI=1S/C18H18F3N3O2/c1-22-18(26)12-5-3-11(4-6-12)9-24(2)10-15(25)23-14-8-7-13(19)16(20)17(14)21/h3-8H,9-10H2,1-2H3,(H,22,26)(H,23,25). The molecule has 0 aliphatic rings. The average molecular weight is 365 g/mol. The van der Waals surface area contributed by atoms with Crippen molar-refractivity contribution in [2.45, 2.75) is 6.54 Å². The number of carbonyl (C=O) groups excluding carboxylic acids is 2. The maximum Gasteiger partial charge on any atom is 0.251 e. The molecule has 0 spiro atoms. The quantitative estimate of drug-likeness (QED) is 0.774. The smallest absolute Gasteiger partial charge is 0.251 e. The molecule has 2 amide bonds. The molecule has 0 aliphatic heterocycles. The third-order valence-electron chi connectivity index (χ3n) is 3.62. The molecule has 0 saturated carbocycles. The van der Waals surface area contributed by atoms with E-state index in [1.54, 1.807) is 43.3 Å². The SMILES string of the molecule is CNC(=O)c1ccc(CN(C)CC(=O)Nc2ccc(F)c(F)c2F)cc1. The fraction of sp³-hybridized carbons (Fsp3) is 0.222. The van der Waals surface area contributed by atoms with E-state index in [-0.39, 0.29) is 12.5 Å². The highest BCUT2D eigenvalue weighted by Crippen LogP contribution is 2.19. The summed E-state index contributed by atoms with van der Waals surface area (Å²) in [5.74, 6) is -5.16. The lowest BCUT2D eigenvalue weighted by Crippen LogP contribution is -2.30. The molecule has 2 rings (SSSR count). The minimum absolute atomic E-state index is 0.0877. The van der Waals surface area contributed by atoms with Gasteiger partial charge in [0.15, 0.2) is 17.5 Å². The van der Waals surface area contributed by atoms with Crippen molar-refractivity contribution in [1.82, 2.24) is 10.2 Å². The van der Waals surface area contributed by atoms with Crippen LogP contribution in [0.1, 0.15) is 15.9 Å². The van der Waals surface area contributed by atoms with Gasteiger partial charge in [0.05, 0.1) is 12.2 Å². The van der Waals surface area contributed by atoms with Crippen LogP contribution in [-0.2, 0) is 11.3 Å². The number of anilines is 1. The molecule has 2 aromatic rings. The van der Waals surface area contributed by atoms with Crippen molar-refractivity contribution >= 4 is 17.5 Å². The Hall–Kier alpha value is -2.87. The zero-order valence-electron chi connectivity index (χ0n) is 14.3. The average Bonchev–Trinajstić information content (AvgIpc) is 2.62. The zero-order chi connectivity index (χ0) is 19.3. The van der Waals surface area contributed by atoms with Crippen LogP contribution < -0.4 is 10.6 Å². The van der Waals surface area contributed by atoms with Crippen molar-refractivity contribution in [3.05, 3.63) is 65.0 Å². The van der Waals surface area contributed by atoms with Crippen LogP contribution in [0.4, 0.5) is 18.9 Å². The maximum absolute atomic E-state index is 13.6. The van der Waals surface area contributed by atoms with Gasteiger partial charge in [0.25, 0.3) is 5.91 Å². The maximum atomic E-state index is 13.6. The normalized spacial score (nSPS) is 10.7. The molecule has 0 unspecified atom stereocenters. The lowest BCUT2D eigenvalue weighted by Gasteiger charge is -2.17. The van der Waals surface area contributed by atoms with Crippen molar-refractivity contribution in [3.63, 3.8) is 0 Å². The van der Waals surface area contributed by atoms with Crippen LogP contribution in [-0.4, -0.2) is 37.4 Å². The van der Waals surface area contributed by atoms with Gasteiger partial charge in [-0.3, -0.25) is 14.5 Å². The number of hydrogen-bond acceptors (Lipinski definition) is 3. The van der Waals surface area contributed by atoms with Gasteiger partial charge in [0.1, 0.15) is 0 Å². The molecule has 0 atom stereocenters. The van der Waals surface area contributed by atoms with E-state index in [0.29, 0.717) is 12.1 Å². The summed E-state index contributed by atoms with van der Waals surface area (Å²) in [6, 6.07) is 8.55. The van der Waals surface area contributed by atoms with Crippen LogP contribution in [0.5, 0.6) is 0 Å². The van der Waals surface area contributed by atoms with Crippen LogP contribution in [0.25, 0.3) is 0 Å². The molecule has 0 aromatic heterocycles. The molecule has 0 bridgehead atoms. The highest BCUT2D eigenvalue weighted by atomic mass is 19.2. The molecule has 26 heavy (non-hydrogen) atoms. The van der Waals surface area contributed by atoms with Crippen molar-refractivity contribution in [1.29, 1.82) is 0 Å². The molecule has 138 valence electrons.